The Morgan fingerprint density at radius 2 is 2.14 bits per heavy atom. The average molecular weight is 305 g/mol. The van der Waals surface area contributed by atoms with Crippen molar-refractivity contribution in [2.75, 3.05) is 7.11 Å². The van der Waals surface area contributed by atoms with Crippen LogP contribution in [0.4, 0.5) is 0 Å². The Balaban J connectivity index is 1.89. The highest BCUT2D eigenvalue weighted by molar-refractivity contribution is 6.30. The fourth-order valence-corrected chi connectivity index (χ4v) is 2.25. The van der Waals surface area contributed by atoms with Crippen LogP contribution in [0, 0.1) is 0 Å². The summed E-state index contributed by atoms with van der Waals surface area (Å²) in [7, 11) is 1.56. The highest BCUT2D eigenvalue weighted by Gasteiger charge is 2.05. The normalized spacial score (nSPS) is 11.1. The molecule has 0 spiro atoms. The number of rotatable bonds is 4. The van der Waals surface area contributed by atoms with Crippen molar-refractivity contribution in [2.45, 2.75) is 13.2 Å². The maximum atomic E-state index is 12.0. The summed E-state index contributed by atoms with van der Waals surface area (Å²) in [4.78, 5) is 20.6. The summed E-state index contributed by atoms with van der Waals surface area (Å²) in [6.45, 7) is 0.682. The molecule has 3 aromatic rings. The Hall–Kier alpha value is -2.18. The third-order valence-electron chi connectivity index (χ3n) is 3.03. The van der Waals surface area contributed by atoms with Crippen molar-refractivity contribution < 1.29 is 4.74 Å². The average Bonchev–Trinajstić information content (AvgIpc) is 2.83. The van der Waals surface area contributed by atoms with Gasteiger partial charge in [-0.1, -0.05) is 11.6 Å². The molecule has 0 unspecified atom stereocenters. The fraction of sp³-hybridized carbons (Fsp3) is 0.214. The molecular weight excluding hydrogens is 292 g/mol. The number of aromatic nitrogens is 4. The monoisotopic (exact) mass is 304 g/mol. The number of fused-ring (bicyclic) bond motifs is 1. The molecule has 0 radical (unpaired) electrons. The van der Waals surface area contributed by atoms with E-state index in [9.17, 15) is 4.79 Å². The van der Waals surface area contributed by atoms with Crippen LogP contribution in [-0.4, -0.2) is 26.0 Å². The van der Waals surface area contributed by atoms with Crippen LogP contribution in [0.3, 0.4) is 0 Å². The van der Waals surface area contributed by atoms with Crippen LogP contribution in [0.5, 0.6) is 0 Å². The molecule has 0 aromatic carbocycles. The van der Waals surface area contributed by atoms with Gasteiger partial charge in [0.15, 0.2) is 0 Å². The summed E-state index contributed by atoms with van der Waals surface area (Å²) in [5.74, 6) is 0. The van der Waals surface area contributed by atoms with E-state index in [2.05, 4.69) is 9.97 Å². The molecule has 0 saturated heterocycles. The Labute approximate surface area is 125 Å². The summed E-state index contributed by atoms with van der Waals surface area (Å²) in [6, 6.07) is 5.08. The minimum absolute atomic E-state index is 0.132. The topological polar surface area (TPSA) is 61.4 Å². The maximum Gasteiger partial charge on any atom is 0.253 e. The van der Waals surface area contributed by atoms with E-state index in [-0.39, 0.29) is 5.56 Å². The van der Waals surface area contributed by atoms with Gasteiger partial charge >= 0.3 is 0 Å². The largest absolute Gasteiger partial charge is 0.378 e. The second-order valence-electron chi connectivity index (χ2n) is 4.62. The third kappa shape index (κ3) is 2.96. The van der Waals surface area contributed by atoms with Crippen LogP contribution in [0.25, 0.3) is 5.65 Å². The molecule has 3 rings (SSSR count). The third-order valence-corrected chi connectivity index (χ3v) is 3.25. The van der Waals surface area contributed by atoms with Gasteiger partial charge in [0, 0.05) is 25.6 Å². The van der Waals surface area contributed by atoms with Crippen molar-refractivity contribution in [1.82, 2.24) is 18.9 Å². The molecule has 0 N–H and O–H groups in total. The molecule has 0 atom stereocenters. The lowest BCUT2D eigenvalue weighted by atomic mass is 10.4. The molecular formula is C14H13ClN4O2. The summed E-state index contributed by atoms with van der Waals surface area (Å²) in [5, 5.41) is 0.634. The van der Waals surface area contributed by atoms with Gasteiger partial charge in [0.25, 0.3) is 5.56 Å². The van der Waals surface area contributed by atoms with Gasteiger partial charge in [0.1, 0.15) is 5.65 Å². The second kappa shape index (κ2) is 5.67. The van der Waals surface area contributed by atoms with E-state index >= 15 is 0 Å². The molecule has 0 aliphatic rings. The first kappa shape index (κ1) is 13.8. The van der Waals surface area contributed by atoms with E-state index < -0.39 is 0 Å². The zero-order chi connectivity index (χ0) is 14.8. The predicted molar refractivity (Wildman–Crippen MR) is 78.5 cm³/mol. The molecule has 6 nitrogen and oxygen atoms in total. The van der Waals surface area contributed by atoms with E-state index in [1.165, 1.54) is 17.0 Å². The van der Waals surface area contributed by atoms with Crippen molar-refractivity contribution in [2.24, 2.45) is 0 Å². The number of pyridine rings is 1. The van der Waals surface area contributed by atoms with E-state index in [0.29, 0.717) is 23.9 Å². The summed E-state index contributed by atoms with van der Waals surface area (Å²) >= 11 is 5.93. The van der Waals surface area contributed by atoms with Crippen LogP contribution >= 0.6 is 11.6 Å². The van der Waals surface area contributed by atoms with Crippen molar-refractivity contribution >= 4 is 17.2 Å². The van der Waals surface area contributed by atoms with E-state index in [4.69, 9.17) is 16.3 Å². The molecule has 7 heteroatoms. The molecule has 0 aliphatic heterocycles. The van der Waals surface area contributed by atoms with Crippen LogP contribution in [0.1, 0.15) is 11.4 Å². The molecule has 0 amide bonds. The molecule has 0 saturated carbocycles. The smallest absolute Gasteiger partial charge is 0.253 e. The Morgan fingerprint density at radius 3 is 2.90 bits per heavy atom. The first-order chi connectivity index (χ1) is 10.2. The molecule has 0 fully saturated rings. The van der Waals surface area contributed by atoms with Gasteiger partial charge in [-0.15, -0.1) is 0 Å². The second-order valence-corrected chi connectivity index (χ2v) is 5.06. The van der Waals surface area contributed by atoms with Gasteiger partial charge in [-0.2, -0.15) is 0 Å². The van der Waals surface area contributed by atoms with Crippen LogP contribution in [-0.2, 0) is 17.9 Å². The van der Waals surface area contributed by atoms with E-state index in [1.54, 1.807) is 19.4 Å². The number of hydrogen-bond acceptors (Lipinski definition) is 4. The number of halogens is 1. The molecule has 0 aliphatic carbocycles. The van der Waals surface area contributed by atoms with Gasteiger partial charge < -0.3 is 9.14 Å². The van der Waals surface area contributed by atoms with E-state index in [0.717, 1.165) is 11.3 Å². The molecule has 0 bridgehead atoms. The Kier molecular flexibility index (Phi) is 3.72. The Bertz CT molecular complexity index is 840. The number of hydrogen-bond donors (Lipinski definition) is 0. The van der Waals surface area contributed by atoms with Crippen LogP contribution in [0.2, 0.25) is 5.02 Å². The standard InChI is InChI=1S/C14H13ClN4O2/c1-21-8-11-4-14(20)19(9-16-11)7-12-6-18-5-10(15)2-3-13(18)17-12/h2-6,9H,7-8H2,1H3. The quantitative estimate of drug-likeness (QED) is 0.736. The van der Waals surface area contributed by atoms with Crippen molar-refractivity contribution in [3.8, 4) is 0 Å². The van der Waals surface area contributed by atoms with Crippen molar-refractivity contribution in [1.29, 1.82) is 0 Å². The van der Waals surface area contributed by atoms with E-state index in [1.807, 2.05) is 16.7 Å². The molecule has 3 heterocycles. The number of ether oxygens (including phenoxy) is 1. The maximum absolute atomic E-state index is 12.0. The molecule has 21 heavy (non-hydrogen) atoms. The van der Waals surface area contributed by atoms with Gasteiger partial charge in [-0.25, -0.2) is 9.97 Å². The highest BCUT2D eigenvalue weighted by atomic mass is 35.5. The van der Waals surface area contributed by atoms with Gasteiger partial charge in [-0.05, 0) is 12.1 Å². The first-order valence-corrected chi connectivity index (χ1v) is 6.71. The lowest BCUT2D eigenvalue weighted by Crippen LogP contribution is -2.21. The van der Waals surface area contributed by atoms with Gasteiger partial charge in [-0.3, -0.25) is 9.36 Å². The Morgan fingerprint density at radius 1 is 1.29 bits per heavy atom. The zero-order valence-corrected chi connectivity index (χ0v) is 12.1. The summed E-state index contributed by atoms with van der Waals surface area (Å²) in [6.07, 6.45) is 5.13. The lowest BCUT2D eigenvalue weighted by Gasteiger charge is -2.03. The highest BCUT2D eigenvalue weighted by Crippen LogP contribution is 2.12. The lowest BCUT2D eigenvalue weighted by molar-refractivity contribution is 0.181. The fourth-order valence-electron chi connectivity index (χ4n) is 2.08. The summed E-state index contributed by atoms with van der Waals surface area (Å²) in [5.41, 5.74) is 2.03. The van der Waals surface area contributed by atoms with Crippen LogP contribution < -0.4 is 5.56 Å². The molecule has 108 valence electrons. The van der Waals surface area contributed by atoms with Crippen LogP contribution in [0.15, 0.2) is 41.7 Å². The zero-order valence-electron chi connectivity index (χ0n) is 11.4. The van der Waals surface area contributed by atoms with Gasteiger partial charge in [0.05, 0.1) is 35.9 Å². The summed E-state index contributed by atoms with van der Waals surface area (Å²) < 4.78 is 8.28. The predicted octanol–water partition coefficient (Wildman–Crippen LogP) is 1.74. The van der Waals surface area contributed by atoms with Crippen molar-refractivity contribution in [3.63, 3.8) is 0 Å². The molecule has 3 aromatic heterocycles. The van der Waals surface area contributed by atoms with Crippen molar-refractivity contribution in [3.05, 3.63) is 63.7 Å². The number of methoxy groups -OCH3 is 1. The minimum atomic E-state index is -0.132. The first-order valence-electron chi connectivity index (χ1n) is 6.33. The minimum Gasteiger partial charge on any atom is -0.378 e. The number of imidazole rings is 1. The number of nitrogens with zero attached hydrogens (tertiary/aromatic N) is 4. The SMILES string of the molecule is COCc1cc(=O)n(Cc2cn3cc(Cl)ccc3n2)cn1. The van der Waals surface area contributed by atoms with Gasteiger partial charge in [0.2, 0.25) is 0 Å².